The Kier molecular flexibility index (Phi) is 4.23. The molecule has 106 valence electrons. The highest BCUT2D eigenvalue weighted by Crippen LogP contribution is 2.25. The molecule has 1 aromatic heterocycles. The largest absolute Gasteiger partial charge is 0.373 e. The standard InChI is InChI=1S/C16H21N3O/c1-5-11(2)19(4)16(20)14-10-18-15(17-3)13-9-7-6-8-12(13)14/h6-11H,5H2,1-4H3,(H,17,18). The number of nitrogens with zero attached hydrogens (tertiary/aromatic N) is 2. The zero-order chi connectivity index (χ0) is 14.7. The van der Waals surface area contributed by atoms with E-state index in [1.165, 1.54) is 0 Å². The summed E-state index contributed by atoms with van der Waals surface area (Å²) in [6.07, 6.45) is 2.59. The molecule has 0 fully saturated rings. The number of rotatable bonds is 4. The maximum atomic E-state index is 12.6. The highest BCUT2D eigenvalue weighted by Gasteiger charge is 2.19. The molecule has 4 nitrogen and oxygen atoms in total. The maximum absolute atomic E-state index is 12.6. The molecule has 1 amide bonds. The third kappa shape index (κ3) is 2.46. The SMILES string of the molecule is CCC(C)N(C)C(=O)c1cnc(NC)c2ccccc12. The van der Waals surface area contributed by atoms with E-state index in [1.54, 1.807) is 11.1 Å². The van der Waals surface area contributed by atoms with Gasteiger partial charge in [0.1, 0.15) is 5.82 Å². The van der Waals surface area contributed by atoms with Crippen molar-refractivity contribution in [3.05, 3.63) is 36.0 Å². The van der Waals surface area contributed by atoms with Gasteiger partial charge in [-0.2, -0.15) is 0 Å². The van der Waals surface area contributed by atoms with Crippen LogP contribution in [0.4, 0.5) is 5.82 Å². The highest BCUT2D eigenvalue weighted by molar-refractivity contribution is 6.09. The van der Waals surface area contributed by atoms with Gasteiger partial charge in [0.25, 0.3) is 5.91 Å². The molecule has 0 aliphatic rings. The molecule has 0 aliphatic heterocycles. The summed E-state index contributed by atoms with van der Waals surface area (Å²) in [4.78, 5) is 18.8. The smallest absolute Gasteiger partial charge is 0.256 e. The van der Waals surface area contributed by atoms with Crippen LogP contribution < -0.4 is 5.32 Å². The average molecular weight is 271 g/mol. The van der Waals surface area contributed by atoms with Gasteiger partial charge >= 0.3 is 0 Å². The lowest BCUT2D eigenvalue weighted by molar-refractivity contribution is 0.0742. The Balaban J connectivity index is 2.53. The Bertz CT molecular complexity index is 624. The summed E-state index contributed by atoms with van der Waals surface area (Å²) < 4.78 is 0. The van der Waals surface area contributed by atoms with E-state index in [-0.39, 0.29) is 11.9 Å². The van der Waals surface area contributed by atoms with E-state index in [2.05, 4.69) is 24.1 Å². The average Bonchev–Trinajstić information content (AvgIpc) is 2.51. The van der Waals surface area contributed by atoms with Crippen molar-refractivity contribution >= 4 is 22.5 Å². The van der Waals surface area contributed by atoms with Crippen molar-refractivity contribution < 1.29 is 4.79 Å². The number of nitrogens with one attached hydrogen (secondary N) is 1. The van der Waals surface area contributed by atoms with E-state index in [9.17, 15) is 4.79 Å². The third-order valence-corrected chi connectivity index (χ3v) is 3.83. The minimum absolute atomic E-state index is 0.0192. The summed E-state index contributed by atoms with van der Waals surface area (Å²) in [6.45, 7) is 4.13. The van der Waals surface area contributed by atoms with Crippen LogP contribution in [0.5, 0.6) is 0 Å². The molecule has 1 N–H and O–H groups in total. The van der Waals surface area contributed by atoms with E-state index in [1.807, 2.05) is 38.4 Å². The third-order valence-electron chi connectivity index (χ3n) is 3.83. The minimum atomic E-state index is 0.0192. The number of amides is 1. The summed E-state index contributed by atoms with van der Waals surface area (Å²) >= 11 is 0. The van der Waals surface area contributed by atoms with E-state index in [4.69, 9.17) is 0 Å². The molecule has 0 spiro atoms. The van der Waals surface area contributed by atoms with Crippen LogP contribution in [0.15, 0.2) is 30.5 Å². The fourth-order valence-corrected chi connectivity index (χ4v) is 2.23. The summed E-state index contributed by atoms with van der Waals surface area (Å²) in [5.41, 5.74) is 0.655. The fourth-order valence-electron chi connectivity index (χ4n) is 2.23. The number of hydrogen-bond acceptors (Lipinski definition) is 3. The summed E-state index contributed by atoms with van der Waals surface area (Å²) in [6, 6.07) is 8.06. The predicted octanol–water partition coefficient (Wildman–Crippen LogP) is 3.15. The summed E-state index contributed by atoms with van der Waals surface area (Å²) in [5.74, 6) is 0.814. The van der Waals surface area contributed by atoms with Gasteiger partial charge in [-0.15, -0.1) is 0 Å². The molecular formula is C16H21N3O. The summed E-state index contributed by atoms with van der Waals surface area (Å²) in [7, 11) is 3.68. The Morgan fingerprint density at radius 2 is 2.00 bits per heavy atom. The van der Waals surface area contributed by atoms with Gasteiger partial charge in [-0.3, -0.25) is 4.79 Å². The number of carbonyl (C=O) groups is 1. The van der Waals surface area contributed by atoms with Crippen LogP contribution in [-0.2, 0) is 0 Å². The molecule has 0 saturated heterocycles. The Labute approximate surface area is 119 Å². The van der Waals surface area contributed by atoms with Crippen molar-refractivity contribution in [3.63, 3.8) is 0 Å². The van der Waals surface area contributed by atoms with Gasteiger partial charge in [-0.25, -0.2) is 4.98 Å². The van der Waals surface area contributed by atoms with Gasteiger partial charge < -0.3 is 10.2 Å². The van der Waals surface area contributed by atoms with Gasteiger partial charge in [0.15, 0.2) is 0 Å². The first kappa shape index (κ1) is 14.3. The molecule has 2 rings (SSSR count). The van der Waals surface area contributed by atoms with Crippen LogP contribution in [0.25, 0.3) is 10.8 Å². The quantitative estimate of drug-likeness (QED) is 0.929. The topological polar surface area (TPSA) is 45.2 Å². The molecule has 4 heteroatoms. The molecular weight excluding hydrogens is 250 g/mol. The van der Waals surface area contributed by atoms with E-state index in [0.717, 1.165) is 23.0 Å². The van der Waals surface area contributed by atoms with Crippen LogP contribution in [0.2, 0.25) is 0 Å². The number of fused-ring (bicyclic) bond motifs is 1. The van der Waals surface area contributed by atoms with Crippen molar-refractivity contribution in [2.24, 2.45) is 0 Å². The van der Waals surface area contributed by atoms with Gasteiger partial charge in [0, 0.05) is 31.7 Å². The molecule has 1 aromatic carbocycles. The van der Waals surface area contributed by atoms with Crippen LogP contribution in [0, 0.1) is 0 Å². The second-order valence-electron chi connectivity index (χ2n) is 4.99. The van der Waals surface area contributed by atoms with Crippen LogP contribution in [0.3, 0.4) is 0 Å². The lowest BCUT2D eigenvalue weighted by Crippen LogP contribution is -2.34. The first-order chi connectivity index (χ1) is 9.60. The number of pyridine rings is 1. The molecule has 0 bridgehead atoms. The van der Waals surface area contributed by atoms with Crippen molar-refractivity contribution in [1.29, 1.82) is 0 Å². The van der Waals surface area contributed by atoms with Crippen LogP contribution >= 0.6 is 0 Å². The number of hydrogen-bond donors (Lipinski definition) is 1. The van der Waals surface area contributed by atoms with Crippen molar-refractivity contribution in [2.75, 3.05) is 19.4 Å². The van der Waals surface area contributed by atoms with E-state index in [0.29, 0.717) is 5.56 Å². The maximum Gasteiger partial charge on any atom is 0.256 e. The molecule has 1 heterocycles. The fraction of sp³-hybridized carbons (Fsp3) is 0.375. The number of benzene rings is 1. The zero-order valence-corrected chi connectivity index (χ0v) is 12.5. The number of anilines is 1. The Morgan fingerprint density at radius 3 is 2.60 bits per heavy atom. The molecule has 0 saturated carbocycles. The van der Waals surface area contributed by atoms with Crippen LogP contribution in [-0.4, -0.2) is 35.9 Å². The highest BCUT2D eigenvalue weighted by atomic mass is 16.2. The van der Waals surface area contributed by atoms with Crippen molar-refractivity contribution in [1.82, 2.24) is 9.88 Å². The second kappa shape index (κ2) is 5.90. The lowest BCUT2D eigenvalue weighted by Gasteiger charge is -2.24. The number of aromatic nitrogens is 1. The molecule has 0 radical (unpaired) electrons. The monoisotopic (exact) mass is 271 g/mol. The van der Waals surface area contributed by atoms with Crippen LogP contribution in [0.1, 0.15) is 30.6 Å². The minimum Gasteiger partial charge on any atom is -0.373 e. The first-order valence-corrected chi connectivity index (χ1v) is 6.92. The predicted molar refractivity (Wildman–Crippen MR) is 83.1 cm³/mol. The normalized spacial score (nSPS) is 12.2. The van der Waals surface area contributed by atoms with Gasteiger partial charge in [0.05, 0.1) is 5.56 Å². The first-order valence-electron chi connectivity index (χ1n) is 6.92. The lowest BCUT2D eigenvalue weighted by atomic mass is 10.1. The molecule has 0 aliphatic carbocycles. The van der Waals surface area contributed by atoms with Gasteiger partial charge in [-0.05, 0) is 18.7 Å². The Morgan fingerprint density at radius 1 is 1.35 bits per heavy atom. The number of carbonyl (C=O) groups excluding carboxylic acids is 1. The van der Waals surface area contributed by atoms with Crippen molar-refractivity contribution in [2.45, 2.75) is 26.3 Å². The molecule has 1 atom stereocenters. The van der Waals surface area contributed by atoms with E-state index >= 15 is 0 Å². The molecule has 1 unspecified atom stereocenters. The second-order valence-corrected chi connectivity index (χ2v) is 4.99. The Hall–Kier alpha value is -2.10. The van der Waals surface area contributed by atoms with Gasteiger partial charge in [0.2, 0.25) is 0 Å². The van der Waals surface area contributed by atoms with Gasteiger partial charge in [-0.1, -0.05) is 31.2 Å². The van der Waals surface area contributed by atoms with Crippen molar-refractivity contribution in [3.8, 4) is 0 Å². The van der Waals surface area contributed by atoms with E-state index < -0.39 is 0 Å². The summed E-state index contributed by atoms with van der Waals surface area (Å²) in [5, 5.41) is 4.97. The molecule has 20 heavy (non-hydrogen) atoms. The zero-order valence-electron chi connectivity index (χ0n) is 12.5. The molecule has 2 aromatic rings.